The van der Waals surface area contributed by atoms with Crippen molar-refractivity contribution in [2.45, 2.75) is 37.7 Å². The van der Waals surface area contributed by atoms with Crippen molar-refractivity contribution in [2.24, 2.45) is 0 Å². The highest BCUT2D eigenvalue weighted by atomic mass is 79.9. The fourth-order valence-electron chi connectivity index (χ4n) is 3.25. The highest BCUT2D eigenvalue weighted by Crippen LogP contribution is 2.39. The maximum atomic E-state index is 11.6. The number of benzene rings is 2. The first-order valence-electron chi connectivity index (χ1n) is 8.96. The summed E-state index contributed by atoms with van der Waals surface area (Å²) in [5.41, 5.74) is 1.13. The van der Waals surface area contributed by atoms with Gasteiger partial charge in [0.05, 0.1) is 5.60 Å². The lowest BCUT2D eigenvalue weighted by atomic mass is 9.75. The van der Waals surface area contributed by atoms with E-state index >= 15 is 0 Å². The van der Waals surface area contributed by atoms with Crippen LogP contribution in [0.4, 0.5) is 0 Å². The molecule has 0 aliphatic rings. The summed E-state index contributed by atoms with van der Waals surface area (Å²) >= 11 is 3.47. The fraction of sp³-hybridized carbons (Fsp3) is 0.429. The van der Waals surface area contributed by atoms with Crippen molar-refractivity contribution < 1.29 is 10.2 Å². The van der Waals surface area contributed by atoms with Crippen LogP contribution in [0.15, 0.2) is 59.1 Å². The van der Waals surface area contributed by atoms with Gasteiger partial charge >= 0.3 is 0 Å². The molecule has 0 aliphatic carbocycles. The Kier molecular flexibility index (Phi) is 8.10. The minimum absolute atomic E-state index is 0.0472. The van der Waals surface area contributed by atoms with E-state index in [2.05, 4.69) is 33.4 Å². The van der Waals surface area contributed by atoms with Gasteiger partial charge in [-0.3, -0.25) is 0 Å². The standard InChI is InChI=1S/C21H28BrNO2/c1-2-21(25,18-10-12-19(22)13-11-18)20(16-23-14-6-7-15-24)17-8-4-3-5-9-17/h3-5,8-13,20,23-25H,2,6-7,14-16H2,1H3/t20-,21+/m1/s1. The van der Waals surface area contributed by atoms with Crippen LogP contribution >= 0.6 is 15.9 Å². The minimum atomic E-state index is -0.938. The van der Waals surface area contributed by atoms with Gasteiger partial charge in [-0.05, 0) is 49.1 Å². The van der Waals surface area contributed by atoms with E-state index in [-0.39, 0.29) is 12.5 Å². The molecular formula is C21H28BrNO2. The van der Waals surface area contributed by atoms with Crippen LogP contribution < -0.4 is 5.32 Å². The summed E-state index contributed by atoms with van der Waals surface area (Å²) in [7, 11) is 0. The maximum absolute atomic E-state index is 11.6. The second-order valence-electron chi connectivity index (χ2n) is 6.38. The van der Waals surface area contributed by atoms with Crippen LogP contribution in [0.5, 0.6) is 0 Å². The molecule has 2 rings (SSSR count). The molecule has 2 atom stereocenters. The van der Waals surface area contributed by atoms with Crippen molar-refractivity contribution >= 4 is 15.9 Å². The fourth-order valence-corrected chi connectivity index (χ4v) is 3.51. The van der Waals surface area contributed by atoms with Crippen molar-refractivity contribution in [3.63, 3.8) is 0 Å². The molecule has 3 nitrogen and oxygen atoms in total. The minimum Gasteiger partial charge on any atom is -0.396 e. The number of hydrogen-bond donors (Lipinski definition) is 3. The summed E-state index contributed by atoms with van der Waals surface area (Å²) in [4.78, 5) is 0. The third-order valence-electron chi connectivity index (χ3n) is 4.77. The van der Waals surface area contributed by atoms with Crippen LogP contribution in [0.25, 0.3) is 0 Å². The lowest BCUT2D eigenvalue weighted by Gasteiger charge is -2.37. The molecule has 0 saturated carbocycles. The van der Waals surface area contributed by atoms with Gasteiger partial charge in [-0.2, -0.15) is 0 Å². The Labute approximate surface area is 159 Å². The Bertz CT molecular complexity index is 618. The average molecular weight is 406 g/mol. The summed E-state index contributed by atoms with van der Waals surface area (Å²) in [6, 6.07) is 18.2. The molecule has 4 heteroatoms. The summed E-state index contributed by atoms with van der Waals surface area (Å²) < 4.78 is 1.01. The lowest BCUT2D eigenvalue weighted by Crippen LogP contribution is -2.39. The number of rotatable bonds is 10. The molecule has 0 amide bonds. The number of hydrogen-bond acceptors (Lipinski definition) is 3. The first kappa shape index (κ1) is 20.1. The highest BCUT2D eigenvalue weighted by Gasteiger charge is 2.37. The van der Waals surface area contributed by atoms with E-state index in [9.17, 15) is 5.11 Å². The predicted octanol–water partition coefficient (Wildman–Crippen LogP) is 4.19. The van der Waals surface area contributed by atoms with Gasteiger partial charge in [0.25, 0.3) is 0 Å². The van der Waals surface area contributed by atoms with Crippen LogP contribution in [-0.4, -0.2) is 29.9 Å². The van der Waals surface area contributed by atoms with Gasteiger partial charge in [0.15, 0.2) is 0 Å². The van der Waals surface area contributed by atoms with Crippen LogP contribution in [0.1, 0.15) is 43.2 Å². The molecule has 0 saturated heterocycles. The van der Waals surface area contributed by atoms with Crippen molar-refractivity contribution in [1.82, 2.24) is 5.32 Å². The first-order chi connectivity index (χ1) is 12.1. The molecule has 136 valence electrons. The summed E-state index contributed by atoms with van der Waals surface area (Å²) in [6.45, 7) is 3.78. The SMILES string of the molecule is CC[C@](O)(c1ccc(Br)cc1)[C@H](CNCCCCO)c1ccccc1. The molecule has 0 spiro atoms. The molecule has 0 unspecified atom stereocenters. The van der Waals surface area contributed by atoms with E-state index in [1.165, 1.54) is 0 Å². The van der Waals surface area contributed by atoms with Crippen LogP contribution in [0, 0.1) is 0 Å². The Morgan fingerprint density at radius 2 is 1.72 bits per heavy atom. The number of unbranched alkanes of at least 4 members (excludes halogenated alkanes) is 1. The lowest BCUT2D eigenvalue weighted by molar-refractivity contribution is 0.00292. The van der Waals surface area contributed by atoms with Crippen LogP contribution in [0.2, 0.25) is 0 Å². The van der Waals surface area contributed by atoms with Gasteiger partial charge in [-0.1, -0.05) is 65.3 Å². The van der Waals surface area contributed by atoms with E-state index in [4.69, 9.17) is 5.11 Å². The quantitative estimate of drug-likeness (QED) is 0.519. The maximum Gasteiger partial charge on any atom is 0.0974 e. The van der Waals surface area contributed by atoms with Crippen molar-refractivity contribution in [1.29, 1.82) is 0 Å². The Balaban J connectivity index is 2.26. The van der Waals surface area contributed by atoms with Gasteiger partial charge in [0, 0.05) is 23.5 Å². The van der Waals surface area contributed by atoms with E-state index in [0.717, 1.165) is 35.0 Å². The molecule has 25 heavy (non-hydrogen) atoms. The van der Waals surface area contributed by atoms with Gasteiger partial charge in [0.1, 0.15) is 0 Å². The van der Waals surface area contributed by atoms with Crippen LogP contribution in [-0.2, 0) is 5.60 Å². The third kappa shape index (κ3) is 5.38. The highest BCUT2D eigenvalue weighted by molar-refractivity contribution is 9.10. The monoisotopic (exact) mass is 405 g/mol. The van der Waals surface area contributed by atoms with Crippen molar-refractivity contribution in [3.8, 4) is 0 Å². The van der Waals surface area contributed by atoms with Crippen molar-refractivity contribution in [2.75, 3.05) is 19.7 Å². The summed E-state index contributed by atoms with van der Waals surface area (Å²) in [5, 5.41) is 24.0. The first-order valence-corrected chi connectivity index (χ1v) is 9.76. The number of halogens is 1. The van der Waals surface area contributed by atoms with Gasteiger partial charge in [-0.15, -0.1) is 0 Å². The molecule has 0 heterocycles. The normalized spacial score (nSPS) is 14.9. The smallest absolute Gasteiger partial charge is 0.0974 e. The molecule has 2 aromatic carbocycles. The zero-order valence-electron chi connectivity index (χ0n) is 14.8. The molecule has 0 aromatic heterocycles. The zero-order chi connectivity index (χ0) is 18.1. The molecule has 0 fully saturated rings. The summed E-state index contributed by atoms with van der Waals surface area (Å²) in [6.07, 6.45) is 2.36. The van der Waals surface area contributed by atoms with E-state index in [1.807, 2.05) is 49.4 Å². The number of aliphatic hydroxyl groups excluding tert-OH is 1. The Morgan fingerprint density at radius 3 is 2.32 bits per heavy atom. The second kappa shape index (κ2) is 10.1. The molecule has 3 N–H and O–H groups in total. The molecule has 2 aromatic rings. The van der Waals surface area contributed by atoms with Gasteiger partial charge < -0.3 is 15.5 Å². The average Bonchev–Trinajstić information content (AvgIpc) is 2.65. The van der Waals surface area contributed by atoms with Crippen LogP contribution in [0.3, 0.4) is 0 Å². The molecule has 0 aliphatic heterocycles. The number of nitrogens with one attached hydrogen (secondary N) is 1. The number of aliphatic hydroxyl groups is 2. The summed E-state index contributed by atoms with van der Waals surface area (Å²) in [5.74, 6) is -0.0472. The van der Waals surface area contributed by atoms with Gasteiger partial charge in [0.2, 0.25) is 0 Å². The Hall–Kier alpha value is -1.20. The van der Waals surface area contributed by atoms with E-state index in [0.29, 0.717) is 13.0 Å². The molecule has 0 radical (unpaired) electrons. The van der Waals surface area contributed by atoms with Gasteiger partial charge in [-0.25, -0.2) is 0 Å². The zero-order valence-corrected chi connectivity index (χ0v) is 16.4. The van der Waals surface area contributed by atoms with Crippen molar-refractivity contribution in [3.05, 3.63) is 70.2 Å². The Morgan fingerprint density at radius 1 is 1.04 bits per heavy atom. The van der Waals surface area contributed by atoms with E-state index < -0.39 is 5.60 Å². The second-order valence-corrected chi connectivity index (χ2v) is 7.30. The van der Waals surface area contributed by atoms with E-state index in [1.54, 1.807) is 0 Å². The topological polar surface area (TPSA) is 52.5 Å². The largest absolute Gasteiger partial charge is 0.396 e. The molecular weight excluding hydrogens is 378 g/mol. The molecule has 0 bridgehead atoms. The third-order valence-corrected chi connectivity index (χ3v) is 5.30. The predicted molar refractivity (Wildman–Crippen MR) is 107 cm³/mol.